The zero-order chi connectivity index (χ0) is 11.7. The summed E-state index contributed by atoms with van der Waals surface area (Å²) < 4.78 is 39.8. The van der Waals surface area contributed by atoms with E-state index in [1.54, 1.807) is 6.08 Å². The Morgan fingerprint density at radius 3 is 2.47 bits per heavy atom. The van der Waals surface area contributed by atoms with Gasteiger partial charge in [-0.1, -0.05) is 26.2 Å². The van der Waals surface area contributed by atoms with Gasteiger partial charge in [-0.3, -0.25) is 0 Å². The summed E-state index contributed by atoms with van der Waals surface area (Å²) >= 11 is 2.94. The predicted molar refractivity (Wildman–Crippen MR) is 57.8 cm³/mol. The molecule has 1 nitrogen and oxygen atoms in total. The van der Waals surface area contributed by atoms with Crippen LogP contribution in [0.1, 0.15) is 39.0 Å². The molecule has 0 saturated heterocycles. The van der Waals surface area contributed by atoms with Crippen molar-refractivity contribution in [3.63, 3.8) is 0 Å². The van der Waals surface area contributed by atoms with E-state index in [0.29, 0.717) is 0 Å². The Morgan fingerprint density at radius 1 is 1.27 bits per heavy atom. The van der Waals surface area contributed by atoms with Gasteiger partial charge in [0.25, 0.3) is 0 Å². The minimum absolute atomic E-state index is 0.177. The smallest absolute Gasteiger partial charge is 0.422 e. The normalized spacial score (nSPS) is 13.0. The van der Waals surface area contributed by atoms with Crippen molar-refractivity contribution in [2.75, 3.05) is 6.61 Å². The van der Waals surface area contributed by atoms with E-state index in [-0.39, 0.29) is 4.67 Å². The van der Waals surface area contributed by atoms with Gasteiger partial charge in [-0.2, -0.15) is 13.2 Å². The molecule has 0 aliphatic heterocycles. The molecular formula is C10H16BrF3O. The van der Waals surface area contributed by atoms with Crippen LogP contribution in [0.2, 0.25) is 0 Å². The van der Waals surface area contributed by atoms with Crippen molar-refractivity contribution in [3.8, 4) is 0 Å². The van der Waals surface area contributed by atoms with Crippen molar-refractivity contribution in [2.24, 2.45) is 0 Å². The minimum atomic E-state index is -4.27. The molecule has 0 spiro atoms. The van der Waals surface area contributed by atoms with Crippen molar-refractivity contribution in [1.82, 2.24) is 0 Å². The summed E-state index contributed by atoms with van der Waals surface area (Å²) in [6.07, 6.45) is 2.52. The molecule has 0 aromatic carbocycles. The highest BCUT2D eigenvalue weighted by atomic mass is 79.9. The standard InChI is InChI=1S/C10H16BrF3O/c1-2-3-4-5-6-7-9(11)15-8-10(12,13)14/h7H,2-6,8H2,1H3/b9-7+. The van der Waals surface area contributed by atoms with Gasteiger partial charge in [0, 0.05) is 0 Å². The second kappa shape index (κ2) is 8.02. The molecular weight excluding hydrogens is 273 g/mol. The van der Waals surface area contributed by atoms with Crippen LogP contribution in [0, 0.1) is 0 Å². The van der Waals surface area contributed by atoms with Crippen LogP contribution in [0.4, 0.5) is 13.2 Å². The molecule has 0 atom stereocenters. The van der Waals surface area contributed by atoms with E-state index in [9.17, 15) is 13.2 Å². The zero-order valence-corrected chi connectivity index (χ0v) is 10.3. The quantitative estimate of drug-likeness (QED) is 0.484. The lowest BCUT2D eigenvalue weighted by Gasteiger charge is -2.07. The van der Waals surface area contributed by atoms with Crippen LogP contribution in [-0.2, 0) is 4.74 Å². The highest BCUT2D eigenvalue weighted by Gasteiger charge is 2.28. The summed E-state index contributed by atoms with van der Waals surface area (Å²) in [6.45, 7) is 0.872. The summed E-state index contributed by atoms with van der Waals surface area (Å²) in [7, 11) is 0. The van der Waals surface area contributed by atoms with Gasteiger partial charge in [-0.05, 0) is 34.8 Å². The molecule has 0 aromatic heterocycles. The fourth-order valence-electron chi connectivity index (χ4n) is 0.996. The first-order valence-corrected chi connectivity index (χ1v) is 5.80. The molecule has 0 radical (unpaired) electrons. The molecule has 5 heteroatoms. The molecule has 0 aliphatic carbocycles. The lowest BCUT2D eigenvalue weighted by Crippen LogP contribution is -2.15. The number of allylic oxidation sites excluding steroid dienone is 1. The van der Waals surface area contributed by atoms with Crippen molar-refractivity contribution < 1.29 is 17.9 Å². The van der Waals surface area contributed by atoms with Crippen molar-refractivity contribution in [3.05, 3.63) is 10.7 Å². The second-order valence-electron chi connectivity index (χ2n) is 3.26. The molecule has 0 aromatic rings. The third-order valence-corrected chi connectivity index (χ3v) is 2.29. The van der Waals surface area contributed by atoms with E-state index < -0.39 is 12.8 Å². The third-order valence-electron chi connectivity index (χ3n) is 1.74. The first kappa shape index (κ1) is 14.8. The molecule has 15 heavy (non-hydrogen) atoms. The third kappa shape index (κ3) is 11.7. The van der Waals surface area contributed by atoms with Crippen molar-refractivity contribution >= 4 is 15.9 Å². The van der Waals surface area contributed by atoms with Gasteiger partial charge in [-0.25, -0.2) is 0 Å². The Bertz CT molecular complexity index is 190. The molecule has 0 bridgehead atoms. The van der Waals surface area contributed by atoms with Gasteiger partial charge in [0.05, 0.1) is 0 Å². The fraction of sp³-hybridized carbons (Fsp3) is 0.800. The van der Waals surface area contributed by atoms with Crippen molar-refractivity contribution in [2.45, 2.75) is 45.2 Å². The van der Waals surface area contributed by atoms with Gasteiger partial charge in [0.15, 0.2) is 11.3 Å². The lowest BCUT2D eigenvalue weighted by molar-refractivity contribution is -0.162. The highest BCUT2D eigenvalue weighted by Crippen LogP contribution is 2.19. The van der Waals surface area contributed by atoms with Gasteiger partial charge < -0.3 is 4.74 Å². The fourth-order valence-corrected chi connectivity index (χ4v) is 1.34. The number of hydrogen-bond acceptors (Lipinski definition) is 1. The molecule has 0 unspecified atom stereocenters. The second-order valence-corrected chi connectivity index (χ2v) is 4.04. The zero-order valence-electron chi connectivity index (χ0n) is 8.74. The van der Waals surface area contributed by atoms with E-state index in [1.165, 1.54) is 0 Å². The van der Waals surface area contributed by atoms with Crippen LogP contribution in [-0.4, -0.2) is 12.8 Å². The molecule has 0 N–H and O–H groups in total. The van der Waals surface area contributed by atoms with E-state index in [1.807, 2.05) is 0 Å². The SMILES string of the molecule is CCCCCC/C=C(\Br)OCC(F)(F)F. The highest BCUT2D eigenvalue weighted by molar-refractivity contribution is 9.11. The predicted octanol–water partition coefficient (Wildman–Crippen LogP) is 4.77. The number of alkyl halides is 3. The van der Waals surface area contributed by atoms with E-state index in [4.69, 9.17) is 0 Å². The van der Waals surface area contributed by atoms with Crippen LogP contribution in [0.25, 0.3) is 0 Å². The van der Waals surface area contributed by atoms with Gasteiger partial charge in [0.1, 0.15) is 0 Å². The largest absolute Gasteiger partial charge is 0.478 e. The maximum absolute atomic E-state index is 11.7. The average Bonchev–Trinajstić information content (AvgIpc) is 2.13. The minimum Gasteiger partial charge on any atom is -0.478 e. The molecule has 0 rings (SSSR count). The lowest BCUT2D eigenvalue weighted by atomic mass is 10.1. The Hall–Kier alpha value is -0.190. The van der Waals surface area contributed by atoms with E-state index in [0.717, 1.165) is 32.1 Å². The van der Waals surface area contributed by atoms with Gasteiger partial charge >= 0.3 is 6.18 Å². The van der Waals surface area contributed by atoms with Crippen LogP contribution in [0.15, 0.2) is 10.7 Å². The van der Waals surface area contributed by atoms with Gasteiger partial charge in [0.2, 0.25) is 0 Å². The summed E-state index contributed by atoms with van der Waals surface area (Å²) in [5, 5.41) is 0. The van der Waals surface area contributed by atoms with Crippen molar-refractivity contribution in [1.29, 1.82) is 0 Å². The topological polar surface area (TPSA) is 9.23 Å². The Morgan fingerprint density at radius 2 is 1.93 bits per heavy atom. The van der Waals surface area contributed by atoms with E-state index >= 15 is 0 Å². The number of hydrogen-bond donors (Lipinski definition) is 0. The van der Waals surface area contributed by atoms with E-state index in [2.05, 4.69) is 27.6 Å². The Labute approximate surface area is 96.8 Å². The Kier molecular flexibility index (Phi) is 7.92. The van der Waals surface area contributed by atoms with Gasteiger partial charge in [-0.15, -0.1) is 0 Å². The monoisotopic (exact) mass is 288 g/mol. The molecule has 0 heterocycles. The molecule has 0 saturated carbocycles. The van der Waals surface area contributed by atoms with Crippen LogP contribution in [0.5, 0.6) is 0 Å². The molecule has 0 fully saturated rings. The van der Waals surface area contributed by atoms with Crippen LogP contribution >= 0.6 is 15.9 Å². The molecule has 0 amide bonds. The molecule has 0 aliphatic rings. The molecule has 90 valence electrons. The average molecular weight is 289 g/mol. The summed E-state index contributed by atoms with van der Waals surface area (Å²) in [5.41, 5.74) is 0. The summed E-state index contributed by atoms with van der Waals surface area (Å²) in [4.78, 5) is 0. The number of rotatable bonds is 7. The first-order chi connectivity index (χ1) is 6.95. The summed E-state index contributed by atoms with van der Waals surface area (Å²) in [6, 6.07) is 0. The Balaban J connectivity index is 3.52. The first-order valence-electron chi connectivity index (χ1n) is 5.01. The van der Waals surface area contributed by atoms with Crippen LogP contribution < -0.4 is 0 Å². The van der Waals surface area contributed by atoms with Crippen LogP contribution in [0.3, 0.4) is 0 Å². The number of ether oxygens (including phenoxy) is 1. The maximum Gasteiger partial charge on any atom is 0.422 e. The maximum atomic E-state index is 11.7. The number of unbranched alkanes of at least 4 members (excludes halogenated alkanes) is 4. The number of halogens is 4. The summed E-state index contributed by atoms with van der Waals surface area (Å²) in [5.74, 6) is 0.